The second-order valence-electron chi connectivity index (χ2n) is 9.73. The molecule has 0 aliphatic carbocycles. The zero-order valence-electron chi connectivity index (χ0n) is 24.4. The van der Waals surface area contributed by atoms with Crippen LogP contribution in [0.5, 0.6) is 0 Å². The number of hydrogen-bond acceptors (Lipinski definition) is 8. The van der Waals surface area contributed by atoms with Gasteiger partial charge in [0.25, 0.3) is 0 Å². The predicted molar refractivity (Wildman–Crippen MR) is 160 cm³/mol. The molecule has 2 rings (SSSR count). The number of nitrogens with one attached hydrogen (secondary N) is 1. The van der Waals surface area contributed by atoms with Crippen molar-refractivity contribution >= 4 is 39.9 Å². The molecule has 1 aromatic heterocycles. The molecule has 16 heteroatoms. The number of hydrogen-bond donors (Lipinski definition) is 6. The van der Waals surface area contributed by atoms with Crippen molar-refractivity contribution in [2.45, 2.75) is 44.8 Å². The van der Waals surface area contributed by atoms with Gasteiger partial charge in [-0.05, 0) is 30.2 Å². The Hall–Kier alpha value is -4.15. The lowest BCUT2D eigenvalue weighted by molar-refractivity contribution is -0.139. The summed E-state index contributed by atoms with van der Waals surface area (Å²) in [5, 5.41) is 35.8. The van der Waals surface area contributed by atoms with Crippen LogP contribution in [0.25, 0.3) is 17.3 Å². The highest BCUT2D eigenvalue weighted by molar-refractivity contribution is 7.92. The van der Waals surface area contributed by atoms with Crippen LogP contribution in [0.15, 0.2) is 35.3 Å². The van der Waals surface area contributed by atoms with E-state index in [1.807, 2.05) is 13.8 Å². The standard InChI is InChI=1S/C22H28FN3O6S.C4H11N5/c1-13(2)20-18(10-9-16(27)11-17(28)12-19(29)30)21(14-5-7-15(23)8-6-14)25-22(24-20)26(3)33(4,31)32;1-9(2)4(7)8-3(5)6/h5-10,13,16-17,27-28H,11-12H2,1-4H3,(H,29,30);1-2H3,(H5,5,6,7,8)/b10-9+;/t16-,17-;/m1./s1. The Balaban J connectivity index is 0.000000844. The fraction of sp³-hybridized carbons (Fsp3) is 0.423. The molecule has 0 unspecified atom stereocenters. The molecule has 0 bridgehead atoms. The molecular formula is C26H39FN8O6S. The summed E-state index contributed by atoms with van der Waals surface area (Å²) < 4.78 is 38.6. The van der Waals surface area contributed by atoms with E-state index in [0.717, 1.165) is 10.6 Å². The van der Waals surface area contributed by atoms with E-state index in [-0.39, 0.29) is 30.2 Å². The largest absolute Gasteiger partial charge is 0.481 e. The number of aliphatic hydroxyl groups is 2. The quantitative estimate of drug-likeness (QED) is 0.165. The van der Waals surface area contributed by atoms with Gasteiger partial charge in [-0.1, -0.05) is 26.0 Å². The Morgan fingerprint density at radius 3 is 2.14 bits per heavy atom. The number of aliphatic hydroxyl groups excluding tert-OH is 2. The van der Waals surface area contributed by atoms with Gasteiger partial charge in [0, 0.05) is 38.7 Å². The van der Waals surface area contributed by atoms with E-state index in [9.17, 15) is 27.8 Å². The number of carboxylic acid groups (broad SMARTS) is 1. The van der Waals surface area contributed by atoms with Crippen LogP contribution in [0.4, 0.5) is 10.3 Å². The molecule has 0 aliphatic heterocycles. The summed E-state index contributed by atoms with van der Waals surface area (Å²) in [5.41, 5.74) is 11.8. The number of rotatable bonds is 10. The first-order valence-corrected chi connectivity index (χ1v) is 14.4. The Morgan fingerprint density at radius 2 is 1.71 bits per heavy atom. The van der Waals surface area contributed by atoms with Gasteiger partial charge < -0.3 is 31.7 Å². The number of nitrogens with two attached hydrogens (primary N) is 2. The summed E-state index contributed by atoms with van der Waals surface area (Å²) >= 11 is 0. The molecule has 0 amide bonds. The molecule has 2 atom stereocenters. The van der Waals surface area contributed by atoms with Gasteiger partial charge in [0.15, 0.2) is 5.96 Å². The SMILES string of the molecule is CC(C)c1nc(N(C)S(C)(=O)=O)nc(-c2ccc(F)cc2)c1/C=C/[C@@H](O)C[C@@H](O)CC(=O)O.CN(C)C(=N)N=C(N)N. The normalized spacial score (nSPS) is 12.7. The molecule has 0 radical (unpaired) electrons. The third kappa shape index (κ3) is 11.8. The van der Waals surface area contributed by atoms with Gasteiger partial charge in [-0.25, -0.2) is 27.1 Å². The van der Waals surface area contributed by atoms with E-state index < -0.39 is 40.4 Å². The van der Waals surface area contributed by atoms with E-state index in [1.54, 1.807) is 14.1 Å². The molecule has 0 saturated carbocycles. The third-order valence-corrected chi connectivity index (χ3v) is 6.63. The number of carbonyl (C=O) groups is 1. The molecule has 1 aromatic carbocycles. The van der Waals surface area contributed by atoms with Gasteiger partial charge in [-0.3, -0.25) is 10.2 Å². The molecule has 0 saturated heterocycles. The molecule has 232 valence electrons. The van der Waals surface area contributed by atoms with E-state index in [1.165, 1.54) is 48.4 Å². The van der Waals surface area contributed by atoms with Crippen molar-refractivity contribution < 1.29 is 32.9 Å². The topological polar surface area (TPSA) is 232 Å². The molecule has 0 spiro atoms. The summed E-state index contributed by atoms with van der Waals surface area (Å²) in [6, 6.07) is 5.49. The Labute approximate surface area is 244 Å². The second-order valence-corrected chi connectivity index (χ2v) is 11.7. The van der Waals surface area contributed by atoms with Crippen LogP contribution in [0, 0.1) is 11.2 Å². The Bertz CT molecular complexity index is 1390. The van der Waals surface area contributed by atoms with Crippen LogP contribution in [0.1, 0.15) is 43.9 Å². The van der Waals surface area contributed by atoms with E-state index in [4.69, 9.17) is 22.0 Å². The highest BCUT2D eigenvalue weighted by atomic mass is 32.2. The number of guanidine groups is 2. The number of aliphatic carboxylic acids is 1. The van der Waals surface area contributed by atoms with Crippen molar-refractivity contribution in [3.63, 3.8) is 0 Å². The van der Waals surface area contributed by atoms with Crippen molar-refractivity contribution in [2.75, 3.05) is 31.7 Å². The highest BCUT2D eigenvalue weighted by Crippen LogP contribution is 2.31. The zero-order chi connectivity index (χ0) is 32.4. The summed E-state index contributed by atoms with van der Waals surface area (Å²) in [5.74, 6) is -1.91. The van der Waals surface area contributed by atoms with E-state index in [2.05, 4.69) is 15.0 Å². The molecule has 14 nitrogen and oxygen atoms in total. The fourth-order valence-corrected chi connectivity index (χ4v) is 3.65. The van der Waals surface area contributed by atoms with Crippen LogP contribution >= 0.6 is 0 Å². The van der Waals surface area contributed by atoms with Crippen molar-refractivity contribution in [2.24, 2.45) is 16.5 Å². The minimum atomic E-state index is -3.65. The Morgan fingerprint density at radius 1 is 1.14 bits per heavy atom. The van der Waals surface area contributed by atoms with Crippen molar-refractivity contribution in [3.8, 4) is 11.3 Å². The van der Waals surface area contributed by atoms with Crippen LogP contribution in [0.3, 0.4) is 0 Å². The average Bonchev–Trinajstić information content (AvgIpc) is 2.85. The monoisotopic (exact) mass is 610 g/mol. The second kappa shape index (κ2) is 15.7. The fourth-order valence-electron chi connectivity index (χ4n) is 3.27. The number of aromatic nitrogens is 2. The van der Waals surface area contributed by atoms with Gasteiger partial charge in [-0.15, -0.1) is 0 Å². The highest BCUT2D eigenvalue weighted by Gasteiger charge is 2.22. The van der Waals surface area contributed by atoms with Gasteiger partial charge in [0.05, 0.1) is 36.3 Å². The molecule has 0 aliphatic rings. The van der Waals surface area contributed by atoms with Crippen molar-refractivity contribution in [1.29, 1.82) is 5.41 Å². The van der Waals surface area contributed by atoms with Gasteiger partial charge in [0.2, 0.25) is 21.9 Å². The molecule has 8 N–H and O–H groups in total. The summed E-state index contributed by atoms with van der Waals surface area (Å²) in [4.78, 5) is 24.5. The molecule has 42 heavy (non-hydrogen) atoms. The lowest BCUT2D eigenvalue weighted by Gasteiger charge is -2.20. The lowest BCUT2D eigenvalue weighted by Crippen LogP contribution is -2.28. The lowest BCUT2D eigenvalue weighted by atomic mass is 9.97. The predicted octanol–water partition coefficient (Wildman–Crippen LogP) is 1.16. The van der Waals surface area contributed by atoms with Gasteiger partial charge in [0.1, 0.15) is 5.82 Å². The maximum Gasteiger partial charge on any atom is 0.305 e. The number of anilines is 1. The molecule has 1 heterocycles. The summed E-state index contributed by atoms with van der Waals surface area (Å²) in [6.07, 6.45) is 0.860. The van der Waals surface area contributed by atoms with Crippen LogP contribution in [-0.2, 0) is 14.8 Å². The third-order valence-electron chi connectivity index (χ3n) is 5.47. The first kappa shape index (κ1) is 35.9. The Kier molecular flexibility index (Phi) is 13.4. The average molecular weight is 611 g/mol. The first-order chi connectivity index (χ1) is 19.3. The minimum Gasteiger partial charge on any atom is -0.481 e. The maximum absolute atomic E-state index is 13.5. The molecule has 0 fully saturated rings. The van der Waals surface area contributed by atoms with Crippen LogP contribution in [0.2, 0.25) is 0 Å². The number of benzene rings is 1. The number of aliphatic imine (C=N–C) groups is 1. The first-order valence-electron chi connectivity index (χ1n) is 12.6. The van der Waals surface area contributed by atoms with E-state index >= 15 is 0 Å². The summed E-state index contributed by atoms with van der Waals surface area (Å²) in [7, 11) is 1.05. The van der Waals surface area contributed by atoms with Gasteiger partial charge >= 0.3 is 5.97 Å². The smallest absolute Gasteiger partial charge is 0.305 e. The van der Waals surface area contributed by atoms with Crippen LogP contribution in [-0.4, -0.2) is 96.1 Å². The zero-order valence-corrected chi connectivity index (χ0v) is 25.2. The molecule has 2 aromatic rings. The molecular weight excluding hydrogens is 571 g/mol. The number of carboxylic acids is 1. The number of sulfonamides is 1. The minimum absolute atomic E-state index is 0.0509. The number of nitrogens with zero attached hydrogens (tertiary/aromatic N) is 5. The maximum atomic E-state index is 13.5. The number of halogens is 1. The van der Waals surface area contributed by atoms with Gasteiger partial charge in [-0.2, -0.15) is 4.99 Å². The van der Waals surface area contributed by atoms with Crippen molar-refractivity contribution in [3.05, 3.63) is 47.4 Å². The van der Waals surface area contributed by atoms with E-state index in [0.29, 0.717) is 22.5 Å². The van der Waals surface area contributed by atoms with Crippen LogP contribution < -0.4 is 15.8 Å². The van der Waals surface area contributed by atoms with Crippen molar-refractivity contribution in [1.82, 2.24) is 14.9 Å². The summed E-state index contributed by atoms with van der Waals surface area (Å²) in [6.45, 7) is 3.71.